The van der Waals surface area contributed by atoms with Crippen molar-refractivity contribution in [1.29, 1.82) is 0 Å². The maximum atomic E-state index is 5.53. The normalized spacial score (nSPS) is 10.6. The maximum Gasteiger partial charge on any atom is 0.187 e. The van der Waals surface area contributed by atoms with Gasteiger partial charge in [0.05, 0.1) is 5.69 Å². The van der Waals surface area contributed by atoms with Crippen LogP contribution in [0.2, 0.25) is 0 Å². The molecule has 0 aliphatic rings. The van der Waals surface area contributed by atoms with Crippen LogP contribution in [-0.4, -0.2) is 11.5 Å². The van der Waals surface area contributed by atoms with Crippen molar-refractivity contribution >= 4 is 22.2 Å². The van der Waals surface area contributed by atoms with E-state index in [9.17, 15) is 0 Å². The van der Waals surface area contributed by atoms with Gasteiger partial charge in [0, 0.05) is 11.1 Å². The molecule has 96 valence electrons. The summed E-state index contributed by atoms with van der Waals surface area (Å²) < 4.78 is 0. The molecule has 2 rings (SSSR count). The van der Waals surface area contributed by atoms with Gasteiger partial charge in [-0.05, 0) is 43.5 Å². The molecule has 3 nitrogen and oxygen atoms in total. The number of nitrogens with two attached hydrogens (primary N) is 1. The van der Waals surface area contributed by atoms with Gasteiger partial charge in [-0.3, -0.25) is 0 Å². The molecule has 1 aromatic carbocycles. The summed E-state index contributed by atoms with van der Waals surface area (Å²) in [5.74, 6) is 0. The van der Waals surface area contributed by atoms with Gasteiger partial charge in [-0.15, -0.1) is 11.3 Å². The van der Waals surface area contributed by atoms with E-state index >= 15 is 0 Å². The van der Waals surface area contributed by atoms with Gasteiger partial charge in [0.25, 0.3) is 0 Å². The summed E-state index contributed by atoms with van der Waals surface area (Å²) in [5, 5.41) is 6.41. The van der Waals surface area contributed by atoms with Crippen LogP contribution in [0.15, 0.2) is 29.6 Å². The lowest BCUT2D eigenvalue weighted by Gasteiger charge is -2.05. The van der Waals surface area contributed by atoms with Gasteiger partial charge in [0.1, 0.15) is 0 Å². The summed E-state index contributed by atoms with van der Waals surface area (Å²) in [6.07, 6.45) is 3.04. The third-order valence-electron chi connectivity index (χ3n) is 2.76. The molecule has 0 amide bonds. The molecule has 0 spiro atoms. The SMILES string of the molecule is CCc1csc(Nc2cccc(CCCN)c2)n1. The number of benzene rings is 1. The average Bonchev–Trinajstić information content (AvgIpc) is 2.84. The first kappa shape index (κ1) is 13.1. The van der Waals surface area contributed by atoms with E-state index < -0.39 is 0 Å². The van der Waals surface area contributed by atoms with Crippen LogP contribution in [-0.2, 0) is 12.8 Å². The molecule has 1 aromatic heterocycles. The van der Waals surface area contributed by atoms with Crippen molar-refractivity contribution in [2.24, 2.45) is 5.73 Å². The zero-order valence-electron chi connectivity index (χ0n) is 10.6. The van der Waals surface area contributed by atoms with Crippen LogP contribution in [0.25, 0.3) is 0 Å². The molecule has 0 bridgehead atoms. The Kier molecular flexibility index (Phi) is 4.73. The second kappa shape index (κ2) is 6.52. The van der Waals surface area contributed by atoms with E-state index in [4.69, 9.17) is 5.73 Å². The van der Waals surface area contributed by atoms with Gasteiger partial charge < -0.3 is 11.1 Å². The summed E-state index contributed by atoms with van der Waals surface area (Å²) in [4.78, 5) is 4.50. The van der Waals surface area contributed by atoms with Crippen molar-refractivity contribution < 1.29 is 0 Å². The standard InChI is InChI=1S/C14H19N3S/c1-2-12-10-18-14(16-12)17-13-7-3-5-11(9-13)6-4-8-15/h3,5,7,9-10H,2,4,6,8,15H2,1H3,(H,16,17). The average molecular weight is 261 g/mol. The van der Waals surface area contributed by atoms with Crippen LogP contribution in [0.4, 0.5) is 10.8 Å². The molecule has 1 heterocycles. The Morgan fingerprint density at radius 1 is 1.39 bits per heavy atom. The van der Waals surface area contributed by atoms with Crippen molar-refractivity contribution in [2.75, 3.05) is 11.9 Å². The second-order valence-electron chi connectivity index (χ2n) is 4.22. The van der Waals surface area contributed by atoms with Crippen molar-refractivity contribution in [3.63, 3.8) is 0 Å². The third kappa shape index (κ3) is 3.55. The van der Waals surface area contributed by atoms with E-state index in [1.165, 1.54) is 5.56 Å². The minimum Gasteiger partial charge on any atom is -0.332 e. The third-order valence-corrected chi connectivity index (χ3v) is 3.57. The number of aromatic nitrogens is 1. The Labute approximate surface area is 112 Å². The minimum absolute atomic E-state index is 0.740. The Hall–Kier alpha value is -1.39. The van der Waals surface area contributed by atoms with Gasteiger partial charge in [0.2, 0.25) is 0 Å². The summed E-state index contributed by atoms with van der Waals surface area (Å²) in [6, 6.07) is 8.45. The predicted octanol–water partition coefficient (Wildman–Crippen LogP) is 3.34. The fourth-order valence-corrected chi connectivity index (χ4v) is 2.57. The topological polar surface area (TPSA) is 50.9 Å². The number of hydrogen-bond acceptors (Lipinski definition) is 4. The molecular formula is C14H19N3S. The Morgan fingerprint density at radius 2 is 2.28 bits per heavy atom. The number of anilines is 2. The van der Waals surface area contributed by atoms with Crippen LogP contribution in [0.3, 0.4) is 0 Å². The summed E-state index contributed by atoms with van der Waals surface area (Å²) >= 11 is 1.65. The lowest BCUT2D eigenvalue weighted by Crippen LogP contribution is -2.00. The van der Waals surface area contributed by atoms with E-state index in [-0.39, 0.29) is 0 Å². The molecule has 0 aliphatic carbocycles. The van der Waals surface area contributed by atoms with Crippen molar-refractivity contribution in [3.8, 4) is 0 Å². The zero-order chi connectivity index (χ0) is 12.8. The molecule has 0 atom stereocenters. The molecule has 4 heteroatoms. The van der Waals surface area contributed by atoms with Crippen molar-refractivity contribution in [2.45, 2.75) is 26.2 Å². The van der Waals surface area contributed by atoms with Crippen LogP contribution < -0.4 is 11.1 Å². The van der Waals surface area contributed by atoms with Gasteiger partial charge in [-0.1, -0.05) is 19.1 Å². The van der Waals surface area contributed by atoms with E-state index in [0.717, 1.165) is 42.3 Å². The number of nitrogens with zero attached hydrogens (tertiary/aromatic N) is 1. The van der Waals surface area contributed by atoms with E-state index in [1.54, 1.807) is 11.3 Å². The predicted molar refractivity (Wildman–Crippen MR) is 78.6 cm³/mol. The summed E-state index contributed by atoms with van der Waals surface area (Å²) in [6.45, 7) is 2.86. The van der Waals surface area contributed by atoms with Gasteiger partial charge in [-0.2, -0.15) is 0 Å². The molecule has 0 fully saturated rings. The summed E-state index contributed by atoms with van der Waals surface area (Å²) in [5.41, 5.74) is 9.09. The van der Waals surface area contributed by atoms with E-state index in [1.807, 2.05) is 0 Å². The second-order valence-corrected chi connectivity index (χ2v) is 5.07. The Balaban J connectivity index is 2.04. The van der Waals surface area contributed by atoms with Crippen molar-refractivity contribution in [1.82, 2.24) is 4.98 Å². The lowest BCUT2D eigenvalue weighted by atomic mass is 10.1. The van der Waals surface area contributed by atoms with Gasteiger partial charge in [0.15, 0.2) is 5.13 Å². The first-order valence-corrected chi connectivity index (χ1v) is 7.20. The van der Waals surface area contributed by atoms with Gasteiger partial charge in [-0.25, -0.2) is 4.98 Å². The zero-order valence-corrected chi connectivity index (χ0v) is 11.5. The highest BCUT2D eigenvalue weighted by atomic mass is 32.1. The van der Waals surface area contributed by atoms with Crippen LogP contribution in [0.1, 0.15) is 24.6 Å². The lowest BCUT2D eigenvalue weighted by molar-refractivity contribution is 0.833. The van der Waals surface area contributed by atoms with Crippen LogP contribution in [0.5, 0.6) is 0 Å². The number of aryl methyl sites for hydroxylation is 2. The molecule has 18 heavy (non-hydrogen) atoms. The molecule has 2 aromatic rings. The number of hydrogen-bond donors (Lipinski definition) is 2. The Morgan fingerprint density at radius 3 is 3.00 bits per heavy atom. The van der Waals surface area contributed by atoms with Gasteiger partial charge >= 0.3 is 0 Å². The van der Waals surface area contributed by atoms with E-state index in [2.05, 4.69) is 46.9 Å². The van der Waals surface area contributed by atoms with E-state index in [0.29, 0.717) is 0 Å². The molecule has 0 aliphatic heterocycles. The highest BCUT2D eigenvalue weighted by Crippen LogP contribution is 2.22. The fourth-order valence-electron chi connectivity index (χ4n) is 1.76. The molecule has 0 saturated carbocycles. The number of nitrogens with one attached hydrogen (secondary N) is 1. The molecule has 0 radical (unpaired) electrons. The monoisotopic (exact) mass is 261 g/mol. The summed E-state index contributed by atoms with van der Waals surface area (Å²) in [7, 11) is 0. The fraction of sp³-hybridized carbons (Fsp3) is 0.357. The quantitative estimate of drug-likeness (QED) is 0.838. The first-order chi connectivity index (χ1) is 8.81. The molecular weight excluding hydrogens is 242 g/mol. The molecule has 3 N–H and O–H groups in total. The van der Waals surface area contributed by atoms with Crippen molar-refractivity contribution in [3.05, 3.63) is 40.9 Å². The largest absolute Gasteiger partial charge is 0.332 e. The van der Waals surface area contributed by atoms with Crippen LogP contribution >= 0.6 is 11.3 Å². The number of rotatable bonds is 6. The Bertz CT molecular complexity index is 493. The number of thiazole rings is 1. The van der Waals surface area contributed by atoms with Crippen LogP contribution in [0, 0.1) is 0 Å². The molecule has 0 unspecified atom stereocenters. The smallest absolute Gasteiger partial charge is 0.187 e. The molecule has 0 saturated heterocycles. The minimum atomic E-state index is 0.740. The maximum absolute atomic E-state index is 5.53. The highest BCUT2D eigenvalue weighted by molar-refractivity contribution is 7.13. The highest BCUT2D eigenvalue weighted by Gasteiger charge is 2.01. The first-order valence-electron chi connectivity index (χ1n) is 6.32.